The van der Waals surface area contributed by atoms with Gasteiger partial charge in [-0.3, -0.25) is 0 Å². The Balaban J connectivity index is 3.46. The van der Waals surface area contributed by atoms with E-state index in [1.807, 2.05) is 6.92 Å². The summed E-state index contributed by atoms with van der Waals surface area (Å²) in [6.07, 6.45) is 2.01. The molecule has 0 aliphatic heterocycles. The molecule has 11 heavy (non-hydrogen) atoms. The van der Waals surface area contributed by atoms with Crippen molar-refractivity contribution in [3.8, 4) is 0 Å². The first-order chi connectivity index (χ1) is 4.95. The highest BCUT2D eigenvalue weighted by molar-refractivity contribution is 7.80. The third-order valence-corrected chi connectivity index (χ3v) is 1.71. The molecule has 0 aromatic carbocycles. The second kappa shape index (κ2) is 4.70. The Morgan fingerprint density at radius 3 is 2.27 bits per heavy atom. The first-order valence-corrected chi connectivity index (χ1v) is 4.52. The number of rotatable bonds is 3. The molecular weight excluding hydrogens is 156 g/mol. The SMILES string of the molecule is CCOC(=S)CCC(C)(C)C. The third kappa shape index (κ3) is 7.79. The fraction of sp³-hybridized carbons (Fsp3) is 0.889. The first kappa shape index (κ1) is 10.9. The molecule has 0 unspecified atom stereocenters. The molecule has 0 spiro atoms. The lowest BCUT2D eigenvalue weighted by molar-refractivity contribution is 0.310. The topological polar surface area (TPSA) is 9.23 Å². The molecule has 1 nitrogen and oxygen atoms in total. The van der Waals surface area contributed by atoms with E-state index in [9.17, 15) is 0 Å². The van der Waals surface area contributed by atoms with E-state index in [4.69, 9.17) is 17.0 Å². The highest BCUT2D eigenvalue weighted by atomic mass is 32.1. The fourth-order valence-electron chi connectivity index (χ4n) is 0.710. The van der Waals surface area contributed by atoms with Crippen molar-refractivity contribution in [3.05, 3.63) is 0 Å². The zero-order chi connectivity index (χ0) is 8.91. The van der Waals surface area contributed by atoms with Gasteiger partial charge in [-0.15, -0.1) is 0 Å². The lowest BCUT2D eigenvalue weighted by Gasteiger charge is -2.17. The van der Waals surface area contributed by atoms with E-state index in [0.29, 0.717) is 12.0 Å². The van der Waals surface area contributed by atoms with E-state index >= 15 is 0 Å². The third-order valence-electron chi connectivity index (χ3n) is 1.38. The van der Waals surface area contributed by atoms with Crippen LogP contribution in [-0.4, -0.2) is 11.7 Å². The Labute approximate surface area is 75.1 Å². The molecule has 0 saturated carbocycles. The molecule has 0 N–H and O–H groups in total. The van der Waals surface area contributed by atoms with Gasteiger partial charge in [0.1, 0.15) is 0 Å². The highest BCUT2D eigenvalue weighted by Gasteiger charge is 2.10. The molecular formula is C9H18OS. The summed E-state index contributed by atoms with van der Waals surface area (Å²) in [4.78, 5) is 0. The number of hydrogen-bond acceptors (Lipinski definition) is 2. The largest absolute Gasteiger partial charge is 0.487 e. The standard InChI is InChI=1S/C9H18OS/c1-5-10-8(11)6-7-9(2,3)4/h5-7H2,1-4H3. The first-order valence-electron chi connectivity index (χ1n) is 4.11. The quantitative estimate of drug-likeness (QED) is 0.608. The molecule has 2 heteroatoms. The summed E-state index contributed by atoms with van der Waals surface area (Å²) in [5, 5.41) is 0.752. The van der Waals surface area contributed by atoms with Gasteiger partial charge in [0.05, 0.1) is 6.61 Å². The minimum atomic E-state index is 0.362. The van der Waals surface area contributed by atoms with Crippen LogP contribution in [0.25, 0.3) is 0 Å². The average molecular weight is 174 g/mol. The van der Waals surface area contributed by atoms with Gasteiger partial charge >= 0.3 is 0 Å². The summed E-state index contributed by atoms with van der Waals surface area (Å²) >= 11 is 5.00. The Kier molecular flexibility index (Phi) is 4.66. The molecule has 0 fully saturated rings. The van der Waals surface area contributed by atoms with Gasteiger partial charge in [0.2, 0.25) is 0 Å². The van der Waals surface area contributed by atoms with Crippen LogP contribution in [0.2, 0.25) is 0 Å². The molecule has 66 valence electrons. The molecule has 0 aliphatic rings. The monoisotopic (exact) mass is 174 g/mol. The number of hydrogen-bond donors (Lipinski definition) is 0. The van der Waals surface area contributed by atoms with Gasteiger partial charge in [-0.05, 0) is 31.0 Å². The maximum absolute atomic E-state index is 5.17. The van der Waals surface area contributed by atoms with Gasteiger partial charge in [-0.2, -0.15) is 0 Å². The molecule has 0 radical (unpaired) electrons. The Hall–Kier alpha value is -0.110. The molecule has 0 bridgehead atoms. The van der Waals surface area contributed by atoms with Crippen molar-refractivity contribution < 1.29 is 4.74 Å². The van der Waals surface area contributed by atoms with Crippen molar-refractivity contribution >= 4 is 17.3 Å². The number of thiocarbonyl (C=S) groups is 1. The van der Waals surface area contributed by atoms with Crippen LogP contribution in [0, 0.1) is 5.41 Å². The van der Waals surface area contributed by atoms with Crippen LogP contribution in [0.15, 0.2) is 0 Å². The van der Waals surface area contributed by atoms with Crippen LogP contribution in [0.3, 0.4) is 0 Å². The van der Waals surface area contributed by atoms with Crippen LogP contribution in [0.5, 0.6) is 0 Å². The van der Waals surface area contributed by atoms with Gasteiger partial charge in [0.25, 0.3) is 0 Å². The summed E-state index contributed by atoms with van der Waals surface area (Å²) in [6, 6.07) is 0. The van der Waals surface area contributed by atoms with Gasteiger partial charge < -0.3 is 4.74 Å². The van der Waals surface area contributed by atoms with Gasteiger partial charge in [-0.1, -0.05) is 20.8 Å². The normalized spacial score (nSPS) is 11.3. The summed E-state index contributed by atoms with van der Waals surface area (Å²) < 4.78 is 5.17. The molecule has 0 atom stereocenters. The molecule has 0 heterocycles. The van der Waals surface area contributed by atoms with Crippen molar-refractivity contribution in [2.24, 2.45) is 5.41 Å². The van der Waals surface area contributed by atoms with Crippen molar-refractivity contribution in [1.29, 1.82) is 0 Å². The maximum atomic E-state index is 5.17. The second-order valence-electron chi connectivity index (χ2n) is 3.87. The fourth-order valence-corrected chi connectivity index (χ4v) is 0.930. The van der Waals surface area contributed by atoms with Crippen molar-refractivity contribution in [3.63, 3.8) is 0 Å². The minimum absolute atomic E-state index is 0.362. The van der Waals surface area contributed by atoms with Crippen LogP contribution >= 0.6 is 12.2 Å². The minimum Gasteiger partial charge on any atom is -0.487 e. The Morgan fingerprint density at radius 1 is 1.36 bits per heavy atom. The molecule has 0 saturated heterocycles. The summed E-state index contributed by atoms with van der Waals surface area (Å²) in [5.41, 5.74) is 0.362. The van der Waals surface area contributed by atoms with E-state index in [-0.39, 0.29) is 0 Å². The van der Waals surface area contributed by atoms with E-state index < -0.39 is 0 Å². The average Bonchev–Trinajstić information content (AvgIpc) is 1.83. The molecule has 0 aromatic rings. The zero-order valence-corrected chi connectivity index (χ0v) is 8.75. The molecule has 0 aliphatic carbocycles. The molecule has 0 rings (SSSR count). The van der Waals surface area contributed by atoms with E-state index in [1.165, 1.54) is 0 Å². The number of ether oxygens (including phenoxy) is 1. The van der Waals surface area contributed by atoms with Crippen LogP contribution in [-0.2, 0) is 4.74 Å². The molecule has 0 aromatic heterocycles. The maximum Gasteiger partial charge on any atom is 0.159 e. The highest BCUT2D eigenvalue weighted by Crippen LogP contribution is 2.20. The van der Waals surface area contributed by atoms with E-state index in [1.54, 1.807) is 0 Å². The zero-order valence-electron chi connectivity index (χ0n) is 7.94. The summed E-state index contributed by atoms with van der Waals surface area (Å²) in [7, 11) is 0. The molecule has 0 amide bonds. The van der Waals surface area contributed by atoms with Crippen LogP contribution < -0.4 is 0 Å². The van der Waals surface area contributed by atoms with Crippen LogP contribution in [0.4, 0.5) is 0 Å². The van der Waals surface area contributed by atoms with Crippen LogP contribution in [0.1, 0.15) is 40.5 Å². The van der Waals surface area contributed by atoms with Gasteiger partial charge in [0.15, 0.2) is 5.05 Å². The summed E-state index contributed by atoms with van der Waals surface area (Å²) in [6.45, 7) is 9.29. The Morgan fingerprint density at radius 2 is 1.91 bits per heavy atom. The van der Waals surface area contributed by atoms with Crippen molar-refractivity contribution in [1.82, 2.24) is 0 Å². The van der Waals surface area contributed by atoms with E-state index in [2.05, 4.69) is 20.8 Å². The second-order valence-corrected chi connectivity index (χ2v) is 4.32. The predicted octanol–water partition coefficient (Wildman–Crippen LogP) is 3.18. The lowest BCUT2D eigenvalue weighted by atomic mass is 9.91. The Bertz CT molecular complexity index is 124. The van der Waals surface area contributed by atoms with Crippen molar-refractivity contribution in [2.45, 2.75) is 40.5 Å². The van der Waals surface area contributed by atoms with Crippen molar-refractivity contribution in [2.75, 3.05) is 6.61 Å². The predicted molar refractivity (Wildman–Crippen MR) is 52.9 cm³/mol. The summed E-state index contributed by atoms with van der Waals surface area (Å²) in [5.74, 6) is 0. The van der Waals surface area contributed by atoms with E-state index in [0.717, 1.165) is 17.9 Å². The smallest absolute Gasteiger partial charge is 0.159 e. The van der Waals surface area contributed by atoms with Gasteiger partial charge in [0, 0.05) is 6.42 Å². The lowest BCUT2D eigenvalue weighted by Crippen LogP contribution is -2.09. The van der Waals surface area contributed by atoms with Gasteiger partial charge in [-0.25, -0.2) is 0 Å².